The van der Waals surface area contributed by atoms with Crippen LogP contribution < -0.4 is 9.44 Å². The van der Waals surface area contributed by atoms with Gasteiger partial charge in [-0.2, -0.15) is 13.7 Å². The number of nitrogens with zero attached hydrogens (tertiary/aromatic N) is 2. The number of hydrogen-bond donors (Lipinski definition) is 5. The summed E-state index contributed by atoms with van der Waals surface area (Å²) in [4.78, 5) is 62.1. The molecular formula is C72H102N4O15S3. The van der Waals surface area contributed by atoms with Crippen LogP contribution >= 0.6 is 0 Å². The van der Waals surface area contributed by atoms with Crippen molar-refractivity contribution in [1.82, 2.24) is 13.7 Å². The zero-order chi connectivity index (χ0) is 68.7. The number of carbonyl (C=O) groups is 4. The van der Waals surface area contributed by atoms with Gasteiger partial charge in [-0.15, -0.1) is 0 Å². The molecule has 12 aliphatic rings. The van der Waals surface area contributed by atoms with Gasteiger partial charge in [0.25, 0.3) is 5.69 Å². The number of nitro benzene ring substituents is 1. The molecule has 19 nitrogen and oxygen atoms in total. The van der Waals surface area contributed by atoms with Crippen molar-refractivity contribution < 1.29 is 64.7 Å². The summed E-state index contributed by atoms with van der Waals surface area (Å²) in [6.07, 6.45) is 18.4. The second-order valence-corrected chi connectivity index (χ2v) is 38.4. The van der Waals surface area contributed by atoms with Crippen LogP contribution in [0.25, 0.3) is 0 Å². The number of hydrogen-bond acceptors (Lipinski definition) is 14. The number of carboxylic acid groups (broad SMARTS) is 1. The van der Waals surface area contributed by atoms with Crippen LogP contribution in [0.3, 0.4) is 0 Å². The van der Waals surface area contributed by atoms with Gasteiger partial charge >= 0.3 is 5.97 Å². The molecule has 3 aromatic carbocycles. The lowest BCUT2D eigenvalue weighted by atomic mass is 9.44. The molecule has 15 rings (SSSR count). The number of nitrogens with one attached hydrogen (secondary N) is 2. The highest BCUT2D eigenvalue weighted by atomic mass is 32.2. The van der Waals surface area contributed by atoms with Gasteiger partial charge in [-0.3, -0.25) is 29.3 Å². The van der Waals surface area contributed by atoms with Crippen molar-refractivity contribution in [2.24, 2.45) is 82.3 Å². The fraction of sp³-hybridized carbons (Fsp3) is 0.694. The number of nitro groups is 1. The van der Waals surface area contributed by atoms with Gasteiger partial charge in [0.05, 0.1) is 42.5 Å². The Morgan fingerprint density at radius 2 is 0.989 bits per heavy atom. The summed E-state index contributed by atoms with van der Waals surface area (Å²) in [5.74, 6) is 5.61. The third kappa shape index (κ3) is 15.2. The quantitative estimate of drug-likeness (QED) is 0.0411. The molecule has 5 atom stereocenters. The number of sulfonamides is 3. The standard InChI is InChI=1S/C24H34N2O5S.C24H35NO5S.C24H33NO5S/c1-15(20-7-5-6-8-22(20)26(28)29)32(30,31)25(4)24(2,3)23(27)14-21-18-10-16-9-17(12-18)13-19(21)11-16;1-22(2,25-31(29,30)19-7-5-18(6-8-19)23(3,4)27)21(26)11-20-16-9-15-10-17(20)14-24(28,12-15)13-16;1-23(2,25-31(29,30)19-6-4-3-5-7-19)21(26)12-20-17-10-16-11-18(20)15-24(13-16,14-17)9-8-22(27)28/h5-8,15-19,21H,9-14H2,1-4H3;5-8,15-17,20,25,27-28H,9-14H2,1-4H3;3-7,16-18,20,25H,8-15H2,1-2H3,(H,27,28). The third-order valence-electron chi connectivity index (χ3n) is 24.6. The van der Waals surface area contributed by atoms with Gasteiger partial charge in [0, 0.05) is 44.4 Å². The Labute approximate surface area is 557 Å². The summed E-state index contributed by atoms with van der Waals surface area (Å²) in [6, 6.07) is 20.1. The van der Waals surface area contributed by atoms with Crippen LogP contribution in [0.15, 0.2) is 88.7 Å². The number of carbonyl (C=O) groups excluding carboxylic acids is 3. The molecule has 94 heavy (non-hydrogen) atoms. The molecule has 12 aliphatic carbocycles. The van der Waals surface area contributed by atoms with Crippen LogP contribution in [0.2, 0.25) is 0 Å². The first-order valence-corrected chi connectivity index (χ1v) is 38.8. The predicted octanol–water partition coefficient (Wildman–Crippen LogP) is 11.9. The Balaban J connectivity index is 0.000000154. The molecule has 5 unspecified atom stereocenters. The summed E-state index contributed by atoms with van der Waals surface area (Å²) in [5, 5.41) is 40.3. The fourth-order valence-corrected chi connectivity index (χ4v) is 24.5. The minimum atomic E-state index is -4.00. The summed E-state index contributed by atoms with van der Waals surface area (Å²) in [7, 11) is -10.2. The van der Waals surface area contributed by atoms with E-state index >= 15 is 0 Å². The molecule has 0 saturated heterocycles. The van der Waals surface area contributed by atoms with Crippen LogP contribution in [0.4, 0.5) is 5.69 Å². The van der Waals surface area contributed by atoms with Crippen LogP contribution in [0, 0.1) is 92.5 Å². The second kappa shape index (κ2) is 26.5. The lowest BCUT2D eigenvalue weighted by Crippen LogP contribution is -2.56. The summed E-state index contributed by atoms with van der Waals surface area (Å²) >= 11 is 0. The summed E-state index contributed by atoms with van der Waals surface area (Å²) < 4.78 is 84.6. The van der Waals surface area contributed by atoms with E-state index in [2.05, 4.69) is 9.44 Å². The number of aliphatic carboxylic acids is 1. The maximum absolute atomic E-state index is 13.5. The average Bonchev–Trinajstić information content (AvgIpc) is 0.747. The SMILES string of the molecule is CC(C)(NS(=O)(=O)c1ccc(C(C)(C)O)cc1)C(=O)CC1C2CC3CC1CC(O)(C3)C2.CC(C)(NS(=O)(=O)c1ccccc1)C(=O)CC1C2CC3CC1CC(CCC(=O)O)(C3)C2.CC(c1ccccc1[N+](=O)[O-])S(=O)(=O)N(C)C(C)(C)C(=O)CC1C2CC3CC(C2)CC1C3. The molecule has 0 heterocycles. The van der Waals surface area contributed by atoms with E-state index in [1.54, 1.807) is 91.8 Å². The Kier molecular flexibility index (Phi) is 20.2. The lowest BCUT2D eigenvalue weighted by Gasteiger charge is -2.60. The molecule has 0 aromatic heterocycles. The van der Waals surface area contributed by atoms with Crippen LogP contribution in [0.1, 0.15) is 207 Å². The predicted molar refractivity (Wildman–Crippen MR) is 357 cm³/mol. The first-order valence-electron chi connectivity index (χ1n) is 34.3. The minimum Gasteiger partial charge on any atom is -0.481 e. The highest BCUT2D eigenvalue weighted by Crippen LogP contribution is 2.65. The molecule has 12 fully saturated rings. The first kappa shape index (κ1) is 71.9. The van der Waals surface area contributed by atoms with Crippen molar-refractivity contribution in [3.8, 4) is 0 Å². The lowest BCUT2D eigenvalue weighted by molar-refractivity contribution is -0.385. The molecule has 22 heteroatoms. The molecule has 0 spiro atoms. The highest BCUT2D eigenvalue weighted by molar-refractivity contribution is 7.90. The number of likely N-dealkylation sites (N-methyl/N-ethyl adjacent to an activating group) is 1. The molecule has 0 aliphatic heterocycles. The molecule has 12 bridgehead atoms. The van der Waals surface area contributed by atoms with Gasteiger partial charge < -0.3 is 15.3 Å². The van der Waals surface area contributed by atoms with Gasteiger partial charge in [-0.1, -0.05) is 48.5 Å². The molecular weight excluding hydrogens is 1260 g/mol. The molecule has 0 amide bonds. The second-order valence-electron chi connectivity index (χ2n) is 32.7. The van der Waals surface area contributed by atoms with Crippen molar-refractivity contribution in [3.05, 3.63) is 100 Å². The first-order chi connectivity index (χ1) is 43.6. The van der Waals surface area contributed by atoms with Crippen LogP contribution in [-0.4, -0.2) is 102 Å². The molecule has 12 saturated carbocycles. The Bertz CT molecular complexity index is 3640. The van der Waals surface area contributed by atoms with Gasteiger partial charge in [-0.05, 0) is 277 Å². The van der Waals surface area contributed by atoms with Gasteiger partial charge in [-0.25, -0.2) is 25.3 Å². The monoisotopic (exact) mass is 1360 g/mol. The van der Waals surface area contributed by atoms with E-state index in [1.807, 2.05) is 0 Å². The number of rotatable bonds is 24. The molecule has 3 aromatic rings. The van der Waals surface area contributed by atoms with Crippen LogP contribution in [0.5, 0.6) is 0 Å². The van der Waals surface area contributed by atoms with Gasteiger partial charge in [0.15, 0.2) is 17.3 Å². The van der Waals surface area contributed by atoms with E-state index < -0.39 is 74.0 Å². The Hall–Kier alpha value is -4.81. The van der Waals surface area contributed by atoms with E-state index in [9.17, 15) is 64.8 Å². The van der Waals surface area contributed by atoms with E-state index in [0.717, 1.165) is 86.8 Å². The molecule has 0 radical (unpaired) electrons. The van der Waals surface area contributed by atoms with Crippen molar-refractivity contribution >= 4 is 59.1 Å². The summed E-state index contributed by atoms with van der Waals surface area (Å²) in [5.41, 5.74) is -4.55. The number of carboxylic acids is 1. The zero-order valence-corrected chi connectivity index (χ0v) is 59.0. The van der Waals surface area contributed by atoms with Crippen molar-refractivity contribution in [3.63, 3.8) is 0 Å². The van der Waals surface area contributed by atoms with E-state index in [4.69, 9.17) is 5.11 Å². The van der Waals surface area contributed by atoms with Crippen molar-refractivity contribution in [2.45, 2.75) is 234 Å². The zero-order valence-electron chi connectivity index (χ0n) is 56.6. The molecule has 5 N–H and O–H groups in total. The largest absolute Gasteiger partial charge is 0.481 e. The van der Waals surface area contributed by atoms with Gasteiger partial charge in [0.1, 0.15) is 5.25 Å². The van der Waals surface area contributed by atoms with Crippen molar-refractivity contribution in [2.75, 3.05) is 7.05 Å². The third-order valence-corrected chi connectivity index (χ3v) is 30.3. The smallest absolute Gasteiger partial charge is 0.303 e. The Morgan fingerprint density at radius 1 is 0.574 bits per heavy atom. The Morgan fingerprint density at radius 3 is 1.45 bits per heavy atom. The van der Waals surface area contributed by atoms with Crippen molar-refractivity contribution in [1.29, 1.82) is 0 Å². The highest BCUT2D eigenvalue weighted by Gasteiger charge is 2.58. The van der Waals surface area contributed by atoms with E-state index in [1.165, 1.54) is 88.5 Å². The number of ketones is 3. The fourth-order valence-electron chi connectivity index (χ4n) is 19.9. The molecule has 518 valence electrons. The normalized spacial score (nSPS) is 31.9. The number of para-hydroxylation sites is 1. The van der Waals surface area contributed by atoms with E-state index in [0.29, 0.717) is 78.1 Å². The number of benzene rings is 3. The summed E-state index contributed by atoms with van der Waals surface area (Å²) in [6.45, 7) is 14.6. The van der Waals surface area contributed by atoms with Crippen LogP contribution in [-0.2, 0) is 54.8 Å². The van der Waals surface area contributed by atoms with E-state index in [-0.39, 0.29) is 62.1 Å². The topological polar surface area (TPSA) is 302 Å². The van der Waals surface area contributed by atoms with Gasteiger partial charge in [0.2, 0.25) is 30.1 Å². The maximum atomic E-state index is 13.5. The number of Topliss-reactive ketones (excluding diaryl/α,β-unsaturated/α-hetero) is 3. The average molecular weight is 1360 g/mol. The minimum absolute atomic E-state index is 0.0594. The number of aliphatic hydroxyl groups is 2. The maximum Gasteiger partial charge on any atom is 0.303 e.